The predicted octanol–water partition coefficient (Wildman–Crippen LogP) is 3.16. The van der Waals surface area contributed by atoms with E-state index in [0.717, 1.165) is 16.5 Å². The first-order chi connectivity index (χ1) is 16.6. The number of aromatic nitrogens is 2. The lowest BCUT2D eigenvalue weighted by Crippen LogP contribution is -2.51. The summed E-state index contributed by atoms with van der Waals surface area (Å²) in [5.41, 5.74) is 14.7. The van der Waals surface area contributed by atoms with Crippen LogP contribution in [0.15, 0.2) is 36.5 Å². The Balaban J connectivity index is 1.54. The zero-order valence-corrected chi connectivity index (χ0v) is 20.4. The van der Waals surface area contributed by atoms with Gasteiger partial charge in [-0.1, -0.05) is 6.07 Å². The fourth-order valence-corrected chi connectivity index (χ4v) is 3.93. The smallest absolute Gasteiger partial charge is 0.410 e. The summed E-state index contributed by atoms with van der Waals surface area (Å²) in [6.07, 6.45) is 1.30. The van der Waals surface area contributed by atoms with E-state index in [2.05, 4.69) is 9.97 Å². The van der Waals surface area contributed by atoms with Crippen molar-refractivity contribution in [2.75, 3.05) is 44.8 Å². The number of methoxy groups -OCH3 is 1. The van der Waals surface area contributed by atoms with Gasteiger partial charge in [0.1, 0.15) is 11.4 Å². The van der Waals surface area contributed by atoms with Gasteiger partial charge < -0.3 is 30.7 Å². The second-order valence-corrected chi connectivity index (χ2v) is 9.41. The molecule has 0 atom stereocenters. The molecular formula is C25H30N6O4. The van der Waals surface area contributed by atoms with Crippen molar-refractivity contribution in [3.8, 4) is 17.0 Å². The maximum atomic E-state index is 13.3. The van der Waals surface area contributed by atoms with Crippen LogP contribution in [0, 0.1) is 0 Å². The quantitative estimate of drug-likeness (QED) is 0.586. The molecule has 1 saturated heterocycles. The molecule has 184 valence electrons. The standard InChI is InChI=1S/C25H30N6O4/c1-25(2,3)35-24(33)31-9-7-30(8-10-31)23(32)18-12-16-11-15(5-6-20(16)29-21(18)27)17-13-19(26)22(34-4)28-14-17/h5-6,11-14H,7-10,26H2,1-4H3,(H2,27,29). The normalized spacial score (nSPS) is 14.2. The van der Waals surface area contributed by atoms with Crippen LogP contribution in [0.4, 0.5) is 16.3 Å². The van der Waals surface area contributed by atoms with Gasteiger partial charge in [-0.3, -0.25) is 4.79 Å². The zero-order chi connectivity index (χ0) is 25.3. The van der Waals surface area contributed by atoms with Gasteiger partial charge in [0.05, 0.1) is 23.9 Å². The van der Waals surface area contributed by atoms with Gasteiger partial charge in [-0.15, -0.1) is 0 Å². The van der Waals surface area contributed by atoms with Crippen LogP contribution in [0.2, 0.25) is 0 Å². The predicted molar refractivity (Wildman–Crippen MR) is 134 cm³/mol. The van der Waals surface area contributed by atoms with Gasteiger partial charge in [0.25, 0.3) is 5.91 Å². The molecule has 0 saturated carbocycles. The number of rotatable bonds is 3. The number of piperazine rings is 1. The highest BCUT2D eigenvalue weighted by Gasteiger charge is 2.29. The molecule has 10 heteroatoms. The van der Waals surface area contributed by atoms with Gasteiger partial charge in [0, 0.05) is 43.3 Å². The topological polar surface area (TPSA) is 137 Å². The molecule has 2 amide bonds. The van der Waals surface area contributed by atoms with E-state index in [1.165, 1.54) is 7.11 Å². The van der Waals surface area contributed by atoms with Crippen molar-refractivity contribution < 1.29 is 19.1 Å². The number of pyridine rings is 2. The van der Waals surface area contributed by atoms with Crippen LogP contribution >= 0.6 is 0 Å². The number of hydrogen-bond donors (Lipinski definition) is 2. The van der Waals surface area contributed by atoms with Crippen molar-refractivity contribution in [2.24, 2.45) is 0 Å². The SMILES string of the molecule is COc1ncc(-c2ccc3nc(N)c(C(=O)N4CCN(C(=O)OC(C)(C)C)CC4)cc3c2)cc1N. The third-order valence-corrected chi connectivity index (χ3v) is 5.70. The van der Waals surface area contributed by atoms with Crippen molar-refractivity contribution >= 4 is 34.4 Å². The number of anilines is 2. The lowest BCUT2D eigenvalue weighted by Gasteiger charge is -2.35. The average Bonchev–Trinajstić information content (AvgIpc) is 2.82. The number of ether oxygens (including phenoxy) is 2. The van der Waals surface area contributed by atoms with Crippen molar-refractivity contribution in [1.29, 1.82) is 0 Å². The van der Waals surface area contributed by atoms with Crippen LogP contribution in [0.5, 0.6) is 5.88 Å². The number of nitrogen functional groups attached to an aromatic ring is 2. The maximum Gasteiger partial charge on any atom is 0.410 e. The molecule has 3 heterocycles. The molecule has 4 N–H and O–H groups in total. The van der Waals surface area contributed by atoms with Crippen molar-refractivity contribution in [3.05, 3.63) is 42.1 Å². The van der Waals surface area contributed by atoms with Gasteiger partial charge in [-0.2, -0.15) is 0 Å². The Hall–Kier alpha value is -4.08. The van der Waals surface area contributed by atoms with Crippen molar-refractivity contribution in [3.63, 3.8) is 0 Å². The van der Waals surface area contributed by atoms with E-state index in [1.807, 2.05) is 39.0 Å². The van der Waals surface area contributed by atoms with Gasteiger partial charge in [-0.25, -0.2) is 14.8 Å². The molecule has 0 aliphatic carbocycles. The molecule has 3 aromatic rings. The summed E-state index contributed by atoms with van der Waals surface area (Å²) in [4.78, 5) is 37.5. The van der Waals surface area contributed by atoms with Crippen LogP contribution in [-0.2, 0) is 4.74 Å². The number of hydrogen-bond acceptors (Lipinski definition) is 8. The van der Waals surface area contributed by atoms with Crippen LogP contribution in [0.3, 0.4) is 0 Å². The highest BCUT2D eigenvalue weighted by molar-refractivity contribution is 6.02. The number of nitrogens with zero attached hydrogens (tertiary/aromatic N) is 4. The average molecular weight is 479 g/mol. The maximum absolute atomic E-state index is 13.3. The lowest BCUT2D eigenvalue weighted by atomic mass is 10.0. The van der Waals surface area contributed by atoms with Crippen molar-refractivity contribution in [2.45, 2.75) is 26.4 Å². The molecule has 4 rings (SSSR count). The highest BCUT2D eigenvalue weighted by Crippen LogP contribution is 2.29. The van der Waals surface area contributed by atoms with Crippen LogP contribution in [0.1, 0.15) is 31.1 Å². The number of amides is 2. The molecule has 0 unspecified atom stereocenters. The van der Waals surface area contributed by atoms with E-state index >= 15 is 0 Å². The number of benzene rings is 1. The van der Waals surface area contributed by atoms with Crippen LogP contribution in [0.25, 0.3) is 22.0 Å². The van der Waals surface area contributed by atoms with E-state index in [9.17, 15) is 9.59 Å². The van der Waals surface area contributed by atoms with E-state index in [-0.39, 0.29) is 17.8 Å². The molecule has 1 fully saturated rings. The fourth-order valence-electron chi connectivity index (χ4n) is 3.93. The largest absolute Gasteiger partial charge is 0.480 e. The first-order valence-electron chi connectivity index (χ1n) is 11.3. The van der Waals surface area contributed by atoms with E-state index in [0.29, 0.717) is 48.8 Å². The number of nitrogens with two attached hydrogens (primary N) is 2. The summed E-state index contributed by atoms with van der Waals surface area (Å²) >= 11 is 0. The molecule has 1 aliphatic heterocycles. The molecule has 0 bridgehead atoms. The summed E-state index contributed by atoms with van der Waals surface area (Å²) < 4.78 is 10.6. The Morgan fingerprint density at radius 3 is 2.29 bits per heavy atom. The van der Waals surface area contributed by atoms with Crippen LogP contribution in [-0.4, -0.2) is 70.7 Å². The Morgan fingerprint density at radius 1 is 0.971 bits per heavy atom. The fraction of sp³-hybridized carbons (Fsp3) is 0.360. The molecule has 1 aliphatic rings. The Kier molecular flexibility index (Phi) is 6.38. The summed E-state index contributed by atoms with van der Waals surface area (Å²) in [5.74, 6) is 0.310. The van der Waals surface area contributed by atoms with E-state index < -0.39 is 5.60 Å². The van der Waals surface area contributed by atoms with Gasteiger partial charge in [0.15, 0.2) is 0 Å². The monoisotopic (exact) mass is 478 g/mol. The molecule has 1 aromatic carbocycles. The zero-order valence-electron chi connectivity index (χ0n) is 20.4. The second kappa shape index (κ2) is 9.28. The Morgan fingerprint density at radius 2 is 1.66 bits per heavy atom. The lowest BCUT2D eigenvalue weighted by molar-refractivity contribution is 0.0141. The molecule has 0 radical (unpaired) electrons. The third kappa shape index (κ3) is 5.21. The van der Waals surface area contributed by atoms with Crippen molar-refractivity contribution in [1.82, 2.24) is 19.8 Å². The van der Waals surface area contributed by atoms with E-state index in [4.69, 9.17) is 20.9 Å². The molecular weight excluding hydrogens is 448 g/mol. The number of carbonyl (C=O) groups excluding carboxylic acids is 2. The van der Waals surface area contributed by atoms with Gasteiger partial charge in [-0.05, 0) is 50.6 Å². The first kappa shape index (κ1) is 24.1. The molecule has 0 spiro atoms. The van der Waals surface area contributed by atoms with E-state index in [1.54, 1.807) is 28.1 Å². The summed E-state index contributed by atoms with van der Waals surface area (Å²) in [7, 11) is 1.51. The molecule has 10 nitrogen and oxygen atoms in total. The summed E-state index contributed by atoms with van der Waals surface area (Å²) in [6.45, 7) is 7.01. The minimum Gasteiger partial charge on any atom is -0.480 e. The third-order valence-electron chi connectivity index (χ3n) is 5.70. The Bertz CT molecular complexity index is 1280. The summed E-state index contributed by atoms with van der Waals surface area (Å²) in [6, 6.07) is 9.20. The van der Waals surface area contributed by atoms with Crippen LogP contribution < -0.4 is 16.2 Å². The minimum absolute atomic E-state index is 0.167. The minimum atomic E-state index is -0.568. The first-order valence-corrected chi connectivity index (χ1v) is 11.3. The summed E-state index contributed by atoms with van der Waals surface area (Å²) in [5, 5.41) is 0.766. The second-order valence-electron chi connectivity index (χ2n) is 9.41. The molecule has 35 heavy (non-hydrogen) atoms. The Labute approximate surface area is 203 Å². The number of carbonyl (C=O) groups is 2. The highest BCUT2D eigenvalue weighted by atomic mass is 16.6. The molecule has 2 aromatic heterocycles. The van der Waals surface area contributed by atoms with Gasteiger partial charge in [0.2, 0.25) is 5.88 Å². The number of fused-ring (bicyclic) bond motifs is 1. The van der Waals surface area contributed by atoms with Gasteiger partial charge >= 0.3 is 6.09 Å².